The molecule has 14 heteroatoms. The molecule has 2 unspecified atom stereocenters. The number of aliphatic hydroxyl groups excluding tert-OH is 1. The molecule has 12 nitrogen and oxygen atoms in total. The number of sulfone groups is 1. The maximum Gasteiger partial charge on any atom is 0.243 e. The van der Waals surface area contributed by atoms with Gasteiger partial charge in [-0.1, -0.05) is 90.1 Å². The third kappa shape index (κ3) is 15.1. The molecule has 1 fully saturated rings. The van der Waals surface area contributed by atoms with Gasteiger partial charge in [0.25, 0.3) is 0 Å². The molecule has 2 amide bonds. The highest BCUT2D eigenvalue weighted by molar-refractivity contribution is 7.92. The topological polar surface area (TPSA) is 187 Å². The van der Waals surface area contributed by atoms with Crippen molar-refractivity contribution in [3.05, 3.63) is 54.1 Å². The average Bonchev–Trinajstić information content (AvgIpc) is 3.58. The van der Waals surface area contributed by atoms with E-state index in [4.69, 9.17) is 0 Å². The monoisotopic (exact) mass is 779 g/mol. The number of nitrogens with zero attached hydrogens (tertiary/aromatic N) is 1. The number of amides is 2. The molecule has 0 saturated heterocycles. The quantitative estimate of drug-likeness (QED) is 0.122. The van der Waals surface area contributed by atoms with Gasteiger partial charge in [-0.2, -0.15) is 0 Å². The molecule has 1 aliphatic carbocycles. The standard InChI is InChI=1S/C39H65N5O7S2/c1-27(2)24-53(50,51)42-22-31(28(3)4)20-36(45)34(19-30-16-12-9-13-17-30)43-38(47)35(21-33-23-40-26-41-33)44-37(46)32(18-29-14-10-8-11-15-29)25-52(48,49)39(5,6)7/h8,10-11,14-15,23,26-28,30-32,34-36,42,45H,9,12-13,16-22,24-25H2,1-7H3,(H,40,41)(H,43,47)(H,44,46)/t31-,32?,34+,35?,36+/m1/s1. The Morgan fingerprint density at radius 1 is 0.925 bits per heavy atom. The van der Waals surface area contributed by atoms with E-state index in [-0.39, 0.29) is 49.3 Å². The molecular weight excluding hydrogens is 715 g/mol. The van der Waals surface area contributed by atoms with Gasteiger partial charge in [-0.05, 0) is 69.3 Å². The largest absolute Gasteiger partial charge is 0.391 e. The highest BCUT2D eigenvalue weighted by atomic mass is 32.2. The first-order valence-electron chi connectivity index (χ1n) is 19.3. The number of rotatable bonds is 21. The fraction of sp³-hybridized carbons (Fsp3) is 0.718. The Hall–Kier alpha value is -2.81. The predicted molar refractivity (Wildman–Crippen MR) is 210 cm³/mol. The Morgan fingerprint density at radius 3 is 2.15 bits per heavy atom. The van der Waals surface area contributed by atoms with Crippen LogP contribution in [0.1, 0.15) is 105 Å². The SMILES string of the molecule is CC(C)CS(=O)(=O)NC[C@@H](C[C@H](O)[C@H](CC1CCCCC1)NC(=O)C(Cc1c[nH]cn1)NC(=O)C(Cc1ccccc1)CS(=O)(=O)C(C)(C)C)C(C)C. The van der Waals surface area contributed by atoms with Crippen molar-refractivity contribution < 1.29 is 31.5 Å². The maximum atomic E-state index is 14.3. The first kappa shape index (κ1) is 44.6. The predicted octanol–water partition coefficient (Wildman–Crippen LogP) is 4.56. The van der Waals surface area contributed by atoms with Crippen molar-refractivity contribution in [1.29, 1.82) is 0 Å². The maximum absolute atomic E-state index is 14.3. The minimum atomic E-state index is -3.71. The van der Waals surface area contributed by atoms with Crippen LogP contribution < -0.4 is 15.4 Å². The van der Waals surface area contributed by atoms with E-state index < -0.39 is 66.3 Å². The Balaban J connectivity index is 1.88. The minimum absolute atomic E-state index is 0.0121. The molecular formula is C39H65N5O7S2. The molecule has 2 aromatic rings. The number of aromatic amines is 1. The molecule has 0 bridgehead atoms. The van der Waals surface area contributed by atoms with Crippen LogP contribution in [-0.2, 0) is 42.3 Å². The van der Waals surface area contributed by atoms with Gasteiger partial charge in [-0.25, -0.2) is 26.5 Å². The van der Waals surface area contributed by atoms with E-state index in [0.29, 0.717) is 18.0 Å². The summed E-state index contributed by atoms with van der Waals surface area (Å²) in [5.74, 6) is -2.29. The van der Waals surface area contributed by atoms with Gasteiger partial charge in [-0.15, -0.1) is 0 Å². The van der Waals surface area contributed by atoms with Crippen LogP contribution in [0, 0.1) is 29.6 Å². The lowest BCUT2D eigenvalue weighted by atomic mass is 9.81. The number of benzene rings is 1. The van der Waals surface area contributed by atoms with E-state index >= 15 is 0 Å². The zero-order valence-corrected chi connectivity index (χ0v) is 34.4. The van der Waals surface area contributed by atoms with Gasteiger partial charge in [0.2, 0.25) is 21.8 Å². The molecule has 0 radical (unpaired) electrons. The van der Waals surface area contributed by atoms with Gasteiger partial charge < -0.3 is 20.7 Å². The Labute approximate surface area is 318 Å². The van der Waals surface area contributed by atoms with Gasteiger partial charge in [0.1, 0.15) is 6.04 Å². The summed E-state index contributed by atoms with van der Waals surface area (Å²) in [4.78, 5) is 35.5. The molecule has 300 valence electrons. The number of sulfonamides is 1. The minimum Gasteiger partial charge on any atom is -0.391 e. The highest BCUT2D eigenvalue weighted by Crippen LogP contribution is 2.30. The van der Waals surface area contributed by atoms with Crippen LogP contribution in [0.25, 0.3) is 0 Å². The van der Waals surface area contributed by atoms with Crippen LogP contribution in [0.4, 0.5) is 0 Å². The zero-order valence-electron chi connectivity index (χ0n) is 32.8. The molecule has 53 heavy (non-hydrogen) atoms. The number of hydrogen-bond donors (Lipinski definition) is 5. The van der Waals surface area contributed by atoms with Crippen molar-refractivity contribution >= 4 is 31.7 Å². The van der Waals surface area contributed by atoms with Gasteiger partial charge >= 0.3 is 0 Å². The van der Waals surface area contributed by atoms with Gasteiger partial charge in [-0.3, -0.25) is 9.59 Å². The molecule has 1 saturated carbocycles. The molecule has 0 spiro atoms. The lowest BCUT2D eigenvalue weighted by Crippen LogP contribution is -2.55. The summed E-state index contributed by atoms with van der Waals surface area (Å²) in [6, 6.07) is 7.44. The third-order valence-electron chi connectivity index (χ3n) is 10.4. The van der Waals surface area contributed by atoms with Crippen molar-refractivity contribution in [2.24, 2.45) is 29.6 Å². The second-order valence-corrected chi connectivity index (χ2v) is 21.4. The first-order valence-corrected chi connectivity index (χ1v) is 22.6. The fourth-order valence-corrected chi connectivity index (χ4v) is 9.69. The normalized spacial score (nSPS) is 17.6. The van der Waals surface area contributed by atoms with Crippen molar-refractivity contribution in [1.82, 2.24) is 25.3 Å². The molecule has 0 aliphatic heterocycles. The second kappa shape index (κ2) is 20.2. The fourth-order valence-electron chi connectivity index (χ4n) is 6.93. The highest BCUT2D eigenvalue weighted by Gasteiger charge is 2.37. The molecule has 1 heterocycles. The second-order valence-electron chi connectivity index (χ2n) is 16.8. The number of hydrogen-bond acceptors (Lipinski definition) is 8. The molecule has 1 aromatic carbocycles. The summed E-state index contributed by atoms with van der Waals surface area (Å²) in [6.45, 7) is 12.7. The van der Waals surface area contributed by atoms with Crippen LogP contribution in [0.15, 0.2) is 42.9 Å². The summed E-state index contributed by atoms with van der Waals surface area (Å²) >= 11 is 0. The van der Waals surface area contributed by atoms with E-state index in [0.717, 1.165) is 37.7 Å². The number of nitrogens with one attached hydrogen (secondary N) is 4. The van der Waals surface area contributed by atoms with Crippen molar-refractivity contribution in [3.63, 3.8) is 0 Å². The molecule has 1 aromatic heterocycles. The van der Waals surface area contributed by atoms with E-state index in [1.54, 1.807) is 27.0 Å². The molecule has 3 rings (SSSR count). The van der Waals surface area contributed by atoms with E-state index in [2.05, 4.69) is 25.3 Å². The Morgan fingerprint density at radius 2 is 1.58 bits per heavy atom. The summed E-state index contributed by atoms with van der Waals surface area (Å²) in [5, 5.41) is 17.8. The van der Waals surface area contributed by atoms with Gasteiger partial charge in [0.05, 0.1) is 46.3 Å². The van der Waals surface area contributed by atoms with Gasteiger partial charge in [0, 0.05) is 19.2 Å². The number of H-pyrrole nitrogens is 1. The van der Waals surface area contributed by atoms with E-state index in [9.17, 15) is 31.5 Å². The molecule has 5 atom stereocenters. The number of aromatic nitrogens is 2. The zero-order chi connectivity index (χ0) is 39.4. The Kier molecular flexibility index (Phi) is 17.0. The molecule has 5 N–H and O–H groups in total. The lowest BCUT2D eigenvalue weighted by molar-refractivity contribution is -0.131. The van der Waals surface area contributed by atoms with E-state index in [1.165, 1.54) is 6.33 Å². The smallest absolute Gasteiger partial charge is 0.243 e. The number of imidazole rings is 1. The summed E-state index contributed by atoms with van der Waals surface area (Å²) < 4.78 is 53.7. The lowest BCUT2D eigenvalue weighted by Gasteiger charge is -2.34. The number of carbonyl (C=O) groups is 2. The first-order chi connectivity index (χ1) is 24.8. The summed E-state index contributed by atoms with van der Waals surface area (Å²) in [6.07, 6.45) is 8.43. The van der Waals surface area contributed by atoms with E-state index in [1.807, 2.05) is 58.0 Å². The van der Waals surface area contributed by atoms with Crippen LogP contribution in [-0.4, -0.2) is 84.7 Å². The van der Waals surface area contributed by atoms with Crippen LogP contribution in [0.2, 0.25) is 0 Å². The summed E-state index contributed by atoms with van der Waals surface area (Å²) in [7, 11) is -7.20. The summed E-state index contributed by atoms with van der Waals surface area (Å²) in [5.41, 5.74) is 1.33. The van der Waals surface area contributed by atoms with Gasteiger partial charge in [0.15, 0.2) is 9.84 Å². The Bertz CT molecular complexity index is 1620. The third-order valence-corrected chi connectivity index (χ3v) is 14.8. The van der Waals surface area contributed by atoms with Crippen LogP contribution in [0.5, 0.6) is 0 Å². The van der Waals surface area contributed by atoms with Crippen molar-refractivity contribution in [2.45, 2.75) is 129 Å². The number of aliphatic hydroxyl groups is 1. The average molecular weight is 780 g/mol. The molecule has 1 aliphatic rings. The number of carbonyl (C=O) groups excluding carboxylic acids is 2. The van der Waals surface area contributed by atoms with Crippen LogP contribution in [0.3, 0.4) is 0 Å². The van der Waals surface area contributed by atoms with Crippen molar-refractivity contribution in [3.8, 4) is 0 Å². The van der Waals surface area contributed by atoms with Crippen LogP contribution >= 0.6 is 0 Å². The van der Waals surface area contributed by atoms with Crippen molar-refractivity contribution in [2.75, 3.05) is 18.1 Å².